The van der Waals surface area contributed by atoms with Crippen LogP contribution in [-0.2, 0) is 4.74 Å². The van der Waals surface area contributed by atoms with E-state index in [0.29, 0.717) is 12.2 Å². The van der Waals surface area contributed by atoms with Crippen molar-refractivity contribution in [2.24, 2.45) is 0 Å². The van der Waals surface area contributed by atoms with Gasteiger partial charge < -0.3 is 9.47 Å². The van der Waals surface area contributed by atoms with Crippen LogP contribution in [0.15, 0.2) is 48.5 Å². The van der Waals surface area contributed by atoms with Crippen molar-refractivity contribution in [2.45, 2.75) is 58.3 Å². The smallest absolute Gasteiger partial charge is 0.338 e. The summed E-state index contributed by atoms with van der Waals surface area (Å²) in [6, 6.07) is 15.6. The van der Waals surface area contributed by atoms with Crippen LogP contribution < -0.4 is 4.74 Å². The molecule has 29 heavy (non-hydrogen) atoms. The average Bonchev–Trinajstić information content (AvgIpc) is 2.76. The molecule has 0 aliphatic rings. The number of hydrogen-bond donors (Lipinski definition) is 0. The third-order valence-corrected chi connectivity index (χ3v) is 5.44. The zero-order chi connectivity index (χ0) is 20.7. The molecule has 158 valence electrons. The van der Waals surface area contributed by atoms with Crippen LogP contribution in [0.25, 0.3) is 11.1 Å². The summed E-state index contributed by atoms with van der Waals surface area (Å²) in [5.74, 6) is 0.629. The molecule has 0 heterocycles. The Kier molecular flexibility index (Phi) is 11.5. The fraction of sp³-hybridized carbons (Fsp3) is 0.480. The standard InChI is InChI=1S/C25H33BrO3/c1-2-28-25(27)23-13-11-21(12-14-23)22-15-17-24(18-16-22)29-20-10-8-6-4-3-5-7-9-19-26/h11-18H,2-10,19-20H2,1H3. The molecule has 2 aromatic rings. The highest BCUT2D eigenvalue weighted by molar-refractivity contribution is 9.09. The Morgan fingerprint density at radius 1 is 0.759 bits per heavy atom. The van der Waals surface area contributed by atoms with Crippen LogP contribution in [0.3, 0.4) is 0 Å². The van der Waals surface area contributed by atoms with E-state index in [-0.39, 0.29) is 5.97 Å². The number of unbranched alkanes of at least 4 members (excludes halogenated alkanes) is 7. The topological polar surface area (TPSA) is 35.5 Å². The second kappa shape index (κ2) is 14.2. The number of carbonyl (C=O) groups excluding carboxylic acids is 1. The zero-order valence-electron chi connectivity index (χ0n) is 17.5. The predicted octanol–water partition coefficient (Wildman–Crippen LogP) is 7.42. The summed E-state index contributed by atoms with van der Waals surface area (Å²) in [6.07, 6.45) is 10.4. The van der Waals surface area contributed by atoms with E-state index < -0.39 is 0 Å². The Balaban J connectivity index is 1.66. The highest BCUT2D eigenvalue weighted by Gasteiger charge is 2.06. The fourth-order valence-corrected chi connectivity index (χ4v) is 3.60. The van der Waals surface area contributed by atoms with Crippen molar-refractivity contribution in [3.63, 3.8) is 0 Å². The van der Waals surface area contributed by atoms with Gasteiger partial charge in [-0.05, 0) is 55.2 Å². The van der Waals surface area contributed by atoms with E-state index >= 15 is 0 Å². The van der Waals surface area contributed by atoms with Crippen molar-refractivity contribution in [2.75, 3.05) is 18.5 Å². The first-order valence-electron chi connectivity index (χ1n) is 10.8. The summed E-state index contributed by atoms with van der Waals surface area (Å²) in [4.78, 5) is 11.7. The number of alkyl halides is 1. The van der Waals surface area contributed by atoms with Gasteiger partial charge in [-0.25, -0.2) is 4.79 Å². The van der Waals surface area contributed by atoms with Gasteiger partial charge in [0.2, 0.25) is 0 Å². The highest BCUT2D eigenvalue weighted by Crippen LogP contribution is 2.23. The Bertz CT molecular complexity index is 695. The lowest BCUT2D eigenvalue weighted by Crippen LogP contribution is -2.03. The van der Waals surface area contributed by atoms with Gasteiger partial charge in [0.15, 0.2) is 0 Å². The first kappa shape index (κ1) is 23.5. The number of ether oxygens (including phenoxy) is 2. The number of carbonyl (C=O) groups is 1. The minimum atomic E-state index is -0.280. The molecule has 0 unspecified atom stereocenters. The van der Waals surface area contributed by atoms with Gasteiger partial charge >= 0.3 is 5.97 Å². The molecule has 2 rings (SSSR count). The number of benzene rings is 2. The molecule has 0 spiro atoms. The molecule has 0 aromatic heterocycles. The molecule has 0 N–H and O–H groups in total. The van der Waals surface area contributed by atoms with Crippen molar-refractivity contribution in [3.8, 4) is 16.9 Å². The average molecular weight is 461 g/mol. The quantitative estimate of drug-likeness (QED) is 0.167. The Morgan fingerprint density at radius 3 is 1.83 bits per heavy atom. The van der Waals surface area contributed by atoms with Crippen LogP contribution in [-0.4, -0.2) is 24.5 Å². The summed E-state index contributed by atoms with van der Waals surface area (Å²) >= 11 is 3.48. The third kappa shape index (κ3) is 9.03. The maximum Gasteiger partial charge on any atom is 0.338 e. The number of rotatable bonds is 14. The SMILES string of the molecule is CCOC(=O)c1ccc(-c2ccc(OCCCCCCCCCCBr)cc2)cc1. The molecule has 0 amide bonds. The van der Waals surface area contributed by atoms with Gasteiger partial charge in [-0.2, -0.15) is 0 Å². The summed E-state index contributed by atoms with van der Waals surface area (Å²) in [5.41, 5.74) is 2.75. The normalized spacial score (nSPS) is 10.7. The molecule has 0 saturated carbocycles. The van der Waals surface area contributed by atoms with Gasteiger partial charge in [0.1, 0.15) is 5.75 Å². The molecule has 0 saturated heterocycles. The Labute approximate surface area is 183 Å². The van der Waals surface area contributed by atoms with Crippen molar-refractivity contribution in [1.82, 2.24) is 0 Å². The van der Waals surface area contributed by atoms with Crippen molar-refractivity contribution < 1.29 is 14.3 Å². The molecular weight excluding hydrogens is 428 g/mol. The van der Waals surface area contributed by atoms with Gasteiger partial charge in [-0.1, -0.05) is 78.7 Å². The Hall–Kier alpha value is -1.81. The number of esters is 1. The van der Waals surface area contributed by atoms with Gasteiger partial charge in [0, 0.05) is 5.33 Å². The van der Waals surface area contributed by atoms with Crippen molar-refractivity contribution >= 4 is 21.9 Å². The van der Waals surface area contributed by atoms with E-state index in [9.17, 15) is 4.79 Å². The molecular formula is C25H33BrO3. The maximum atomic E-state index is 11.7. The lowest BCUT2D eigenvalue weighted by atomic mass is 10.0. The number of hydrogen-bond acceptors (Lipinski definition) is 3. The third-order valence-electron chi connectivity index (χ3n) is 4.88. The monoisotopic (exact) mass is 460 g/mol. The van der Waals surface area contributed by atoms with Crippen LogP contribution in [0.2, 0.25) is 0 Å². The van der Waals surface area contributed by atoms with E-state index in [4.69, 9.17) is 9.47 Å². The van der Waals surface area contributed by atoms with Gasteiger partial charge in [0.05, 0.1) is 18.8 Å². The van der Waals surface area contributed by atoms with Gasteiger partial charge in [-0.15, -0.1) is 0 Å². The van der Waals surface area contributed by atoms with Gasteiger partial charge in [0.25, 0.3) is 0 Å². The van der Waals surface area contributed by atoms with Crippen LogP contribution in [0.5, 0.6) is 5.75 Å². The molecule has 0 bridgehead atoms. The highest BCUT2D eigenvalue weighted by atomic mass is 79.9. The summed E-state index contributed by atoms with van der Waals surface area (Å²) < 4.78 is 10.9. The van der Waals surface area contributed by atoms with Crippen LogP contribution in [0.4, 0.5) is 0 Å². The first-order chi connectivity index (χ1) is 14.2. The molecule has 0 aliphatic carbocycles. The molecule has 0 atom stereocenters. The minimum Gasteiger partial charge on any atom is -0.494 e. The first-order valence-corrected chi connectivity index (χ1v) is 11.9. The van der Waals surface area contributed by atoms with E-state index in [0.717, 1.165) is 35.2 Å². The zero-order valence-corrected chi connectivity index (χ0v) is 19.1. The van der Waals surface area contributed by atoms with Crippen LogP contribution >= 0.6 is 15.9 Å². The van der Waals surface area contributed by atoms with Crippen molar-refractivity contribution in [1.29, 1.82) is 0 Å². The van der Waals surface area contributed by atoms with Crippen LogP contribution in [0, 0.1) is 0 Å². The Morgan fingerprint density at radius 2 is 1.28 bits per heavy atom. The molecule has 2 aromatic carbocycles. The molecule has 0 fully saturated rings. The maximum absolute atomic E-state index is 11.7. The molecule has 4 heteroatoms. The van der Waals surface area contributed by atoms with Gasteiger partial charge in [-0.3, -0.25) is 0 Å². The van der Waals surface area contributed by atoms with E-state index in [1.165, 1.54) is 44.9 Å². The molecule has 0 radical (unpaired) electrons. The predicted molar refractivity (Wildman–Crippen MR) is 124 cm³/mol. The van der Waals surface area contributed by atoms with Crippen molar-refractivity contribution in [3.05, 3.63) is 54.1 Å². The summed E-state index contributed by atoms with van der Waals surface area (Å²) in [6.45, 7) is 2.97. The van der Waals surface area contributed by atoms with E-state index in [2.05, 4.69) is 28.1 Å². The lowest BCUT2D eigenvalue weighted by molar-refractivity contribution is 0.0526. The molecule has 0 aliphatic heterocycles. The largest absolute Gasteiger partial charge is 0.494 e. The minimum absolute atomic E-state index is 0.280. The second-order valence-electron chi connectivity index (χ2n) is 7.19. The van der Waals surface area contributed by atoms with Crippen LogP contribution in [0.1, 0.15) is 68.6 Å². The van der Waals surface area contributed by atoms with E-state index in [1.807, 2.05) is 31.2 Å². The molecule has 3 nitrogen and oxygen atoms in total. The second-order valence-corrected chi connectivity index (χ2v) is 7.98. The summed E-state index contributed by atoms with van der Waals surface area (Å²) in [5, 5.41) is 1.13. The summed E-state index contributed by atoms with van der Waals surface area (Å²) in [7, 11) is 0. The fourth-order valence-electron chi connectivity index (χ4n) is 3.20. The lowest BCUT2D eigenvalue weighted by Gasteiger charge is -2.08. The van der Waals surface area contributed by atoms with E-state index in [1.54, 1.807) is 12.1 Å². The number of halogens is 1.